The van der Waals surface area contributed by atoms with Gasteiger partial charge in [-0.25, -0.2) is 0 Å². The summed E-state index contributed by atoms with van der Waals surface area (Å²) in [5, 5.41) is 9.34. The van der Waals surface area contributed by atoms with Gasteiger partial charge in [0, 0.05) is 6.54 Å². The number of hydrogen-bond donors (Lipinski definition) is 1. The van der Waals surface area contributed by atoms with Gasteiger partial charge in [-0.15, -0.1) is 0 Å². The Balaban J connectivity index is 2.05. The second kappa shape index (κ2) is 4.36. The molecule has 1 aromatic carbocycles. The fourth-order valence-electron chi connectivity index (χ4n) is 3.93. The van der Waals surface area contributed by atoms with E-state index in [1.165, 1.54) is 43.5 Å². The molecular weight excluding hydrogens is 222 g/mol. The summed E-state index contributed by atoms with van der Waals surface area (Å²) in [5.41, 5.74) is 4.39. The van der Waals surface area contributed by atoms with E-state index in [1.54, 1.807) is 0 Å². The van der Waals surface area contributed by atoms with Crippen LogP contribution in [0.5, 0.6) is 0 Å². The Labute approximate surface area is 110 Å². The van der Waals surface area contributed by atoms with E-state index in [1.807, 2.05) is 0 Å². The van der Waals surface area contributed by atoms with E-state index >= 15 is 0 Å². The summed E-state index contributed by atoms with van der Waals surface area (Å²) in [4.78, 5) is 2.48. The van der Waals surface area contributed by atoms with Crippen molar-refractivity contribution >= 4 is 0 Å². The first-order chi connectivity index (χ1) is 8.60. The van der Waals surface area contributed by atoms with Crippen LogP contribution in [-0.4, -0.2) is 30.1 Å². The van der Waals surface area contributed by atoms with Gasteiger partial charge in [0.2, 0.25) is 0 Å². The van der Waals surface area contributed by atoms with Crippen molar-refractivity contribution < 1.29 is 5.11 Å². The lowest BCUT2D eigenvalue weighted by atomic mass is 9.66. The van der Waals surface area contributed by atoms with Gasteiger partial charge in [0.15, 0.2) is 0 Å². The fourth-order valence-corrected chi connectivity index (χ4v) is 3.93. The summed E-state index contributed by atoms with van der Waals surface area (Å²) < 4.78 is 0. The van der Waals surface area contributed by atoms with Crippen LogP contribution in [-0.2, 0) is 18.4 Å². The monoisotopic (exact) mass is 245 g/mol. The van der Waals surface area contributed by atoms with Crippen LogP contribution in [0, 0.1) is 5.92 Å². The molecule has 0 saturated carbocycles. The lowest BCUT2D eigenvalue weighted by molar-refractivity contribution is 0.278. The molecule has 2 atom stereocenters. The number of aliphatic hydroxyl groups is 1. The molecule has 1 heterocycles. The molecule has 2 bridgehead atoms. The van der Waals surface area contributed by atoms with E-state index in [0.29, 0.717) is 5.41 Å². The molecule has 0 amide bonds. The Morgan fingerprint density at radius 3 is 3.06 bits per heavy atom. The van der Waals surface area contributed by atoms with Crippen molar-refractivity contribution in [2.45, 2.75) is 38.2 Å². The largest absolute Gasteiger partial charge is 0.392 e. The highest BCUT2D eigenvalue weighted by Gasteiger charge is 2.38. The van der Waals surface area contributed by atoms with Crippen LogP contribution < -0.4 is 0 Å². The molecule has 1 saturated heterocycles. The summed E-state index contributed by atoms with van der Waals surface area (Å²) in [6.45, 7) is 5.00. The Morgan fingerprint density at radius 1 is 1.44 bits per heavy atom. The van der Waals surface area contributed by atoms with E-state index in [-0.39, 0.29) is 6.61 Å². The van der Waals surface area contributed by atoms with E-state index < -0.39 is 0 Å². The fraction of sp³-hybridized carbons (Fsp3) is 0.625. The average molecular weight is 245 g/mol. The zero-order valence-electron chi connectivity index (χ0n) is 11.4. The molecular formula is C16H23NO. The molecule has 1 aliphatic heterocycles. The smallest absolute Gasteiger partial charge is 0.0681 e. The highest BCUT2D eigenvalue weighted by Crippen LogP contribution is 2.44. The molecule has 18 heavy (non-hydrogen) atoms. The number of fused-ring (bicyclic) bond motifs is 4. The van der Waals surface area contributed by atoms with Crippen molar-refractivity contribution in [1.29, 1.82) is 0 Å². The molecule has 2 unspecified atom stereocenters. The molecule has 0 aromatic heterocycles. The zero-order valence-corrected chi connectivity index (χ0v) is 11.4. The Kier molecular flexibility index (Phi) is 2.95. The molecule has 1 fully saturated rings. The first-order valence-corrected chi connectivity index (χ1v) is 7.02. The highest BCUT2D eigenvalue weighted by atomic mass is 16.3. The lowest BCUT2D eigenvalue weighted by Crippen LogP contribution is -2.32. The first-order valence-electron chi connectivity index (χ1n) is 7.02. The molecule has 1 N–H and O–H groups in total. The normalized spacial score (nSPS) is 31.8. The minimum absolute atomic E-state index is 0.159. The Hall–Kier alpha value is -0.860. The number of benzene rings is 1. The third kappa shape index (κ3) is 1.98. The molecule has 2 heteroatoms. The molecule has 0 radical (unpaired) electrons. The maximum Gasteiger partial charge on any atom is 0.0681 e. The van der Waals surface area contributed by atoms with E-state index in [0.717, 1.165) is 11.5 Å². The zero-order chi connectivity index (χ0) is 12.8. The van der Waals surface area contributed by atoms with Crippen LogP contribution in [0.4, 0.5) is 0 Å². The van der Waals surface area contributed by atoms with Crippen LogP contribution >= 0.6 is 0 Å². The standard InChI is InChI=1S/C16H23NO/c1-16-5-6-17(2)10-13(9-16)7-14-4-3-12(11-18)8-15(14)16/h3-4,8,13,18H,5-7,9-11H2,1-2H3. The van der Waals surface area contributed by atoms with Gasteiger partial charge in [-0.1, -0.05) is 25.1 Å². The predicted molar refractivity (Wildman–Crippen MR) is 73.6 cm³/mol. The van der Waals surface area contributed by atoms with Gasteiger partial charge in [-0.3, -0.25) is 0 Å². The van der Waals surface area contributed by atoms with Crippen molar-refractivity contribution in [2.24, 2.45) is 5.92 Å². The summed E-state index contributed by atoms with van der Waals surface area (Å²) in [7, 11) is 2.24. The van der Waals surface area contributed by atoms with Gasteiger partial charge in [0.05, 0.1) is 6.61 Å². The predicted octanol–water partition coefficient (Wildman–Crippen LogP) is 2.33. The Morgan fingerprint density at radius 2 is 2.28 bits per heavy atom. The topological polar surface area (TPSA) is 23.5 Å². The lowest BCUT2D eigenvalue weighted by Gasteiger charge is -2.38. The van der Waals surface area contributed by atoms with Crippen molar-refractivity contribution in [1.82, 2.24) is 4.90 Å². The maximum atomic E-state index is 9.34. The molecule has 1 aromatic rings. The van der Waals surface area contributed by atoms with Gasteiger partial charge in [0.1, 0.15) is 0 Å². The summed E-state index contributed by atoms with van der Waals surface area (Å²) >= 11 is 0. The molecule has 3 rings (SSSR count). The molecule has 0 spiro atoms. The van der Waals surface area contributed by atoms with Crippen LogP contribution in [0.2, 0.25) is 0 Å². The number of aliphatic hydroxyl groups excluding tert-OH is 1. The van der Waals surface area contributed by atoms with Gasteiger partial charge < -0.3 is 10.0 Å². The Bertz CT molecular complexity index is 456. The van der Waals surface area contributed by atoms with Gasteiger partial charge in [-0.2, -0.15) is 0 Å². The van der Waals surface area contributed by atoms with Crippen LogP contribution in [0.1, 0.15) is 36.5 Å². The second-order valence-corrected chi connectivity index (χ2v) is 6.50. The third-order valence-electron chi connectivity index (χ3n) is 4.87. The van der Waals surface area contributed by atoms with E-state index in [4.69, 9.17) is 0 Å². The number of hydrogen-bond acceptors (Lipinski definition) is 2. The van der Waals surface area contributed by atoms with Crippen molar-refractivity contribution in [3.8, 4) is 0 Å². The number of nitrogens with zero attached hydrogens (tertiary/aromatic N) is 1. The summed E-state index contributed by atoms with van der Waals surface area (Å²) in [6.07, 6.45) is 3.75. The van der Waals surface area contributed by atoms with Crippen molar-refractivity contribution in [3.05, 3.63) is 34.9 Å². The minimum Gasteiger partial charge on any atom is -0.392 e. The average Bonchev–Trinajstić information content (AvgIpc) is 2.47. The first kappa shape index (κ1) is 12.2. The molecule has 2 nitrogen and oxygen atoms in total. The van der Waals surface area contributed by atoms with Crippen LogP contribution in [0.3, 0.4) is 0 Å². The van der Waals surface area contributed by atoms with Crippen LogP contribution in [0.25, 0.3) is 0 Å². The molecule has 98 valence electrons. The quantitative estimate of drug-likeness (QED) is 0.821. The molecule has 2 aliphatic rings. The van der Waals surface area contributed by atoms with Gasteiger partial charge in [0.25, 0.3) is 0 Å². The number of likely N-dealkylation sites (tertiary alicyclic amines) is 1. The third-order valence-corrected chi connectivity index (χ3v) is 4.87. The van der Waals surface area contributed by atoms with Gasteiger partial charge >= 0.3 is 0 Å². The highest BCUT2D eigenvalue weighted by molar-refractivity contribution is 5.40. The van der Waals surface area contributed by atoms with Crippen molar-refractivity contribution in [2.75, 3.05) is 20.1 Å². The van der Waals surface area contributed by atoms with E-state index in [9.17, 15) is 5.11 Å². The van der Waals surface area contributed by atoms with Crippen LogP contribution in [0.15, 0.2) is 18.2 Å². The SMILES string of the molecule is CN1CCC2(C)CC(Cc3ccc(CO)cc32)C1. The summed E-state index contributed by atoms with van der Waals surface area (Å²) in [5.74, 6) is 0.801. The minimum atomic E-state index is 0.159. The maximum absolute atomic E-state index is 9.34. The van der Waals surface area contributed by atoms with Crippen molar-refractivity contribution in [3.63, 3.8) is 0 Å². The van der Waals surface area contributed by atoms with E-state index in [2.05, 4.69) is 37.1 Å². The summed E-state index contributed by atoms with van der Waals surface area (Å²) in [6, 6.07) is 6.58. The van der Waals surface area contributed by atoms with Gasteiger partial charge in [-0.05, 0) is 60.9 Å². The molecule has 1 aliphatic carbocycles. The second-order valence-electron chi connectivity index (χ2n) is 6.50. The number of rotatable bonds is 1.